The standard InChI is InChI=1S/C29H33BrN4O2S/c1-29(2,23-6-4-5-21(15-23)20-33-13-10-31-11-14-33)24-16-25(30)18-27(17-24)34-12-9-22-7-8-26(19-28(22)34)32-37(3,35)36/h4-9,12,15-19,31-32H,10-11,13-14,20H2,1-3H3. The number of hydrogen-bond acceptors (Lipinski definition) is 4. The number of nitrogens with zero attached hydrogens (tertiary/aromatic N) is 2. The summed E-state index contributed by atoms with van der Waals surface area (Å²) >= 11 is 3.74. The first-order valence-electron chi connectivity index (χ1n) is 12.5. The van der Waals surface area contributed by atoms with Gasteiger partial charge in [0, 0.05) is 59.9 Å². The van der Waals surface area contributed by atoms with Gasteiger partial charge < -0.3 is 9.88 Å². The van der Waals surface area contributed by atoms with Crippen LogP contribution < -0.4 is 10.0 Å². The SMILES string of the molecule is CC(C)(c1cccc(CN2CCNCC2)c1)c1cc(Br)cc(-n2ccc3ccc(NS(C)(=O)=O)cc32)c1. The van der Waals surface area contributed by atoms with Crippen molar-refractivity contribution in [3.8, 4) is 5.69 Å². The molecular weight excluding hydrogens is 548 g/mol. The topological polar surface area (TPSA) is 66.4 Å². The van der Waals surface area contributed by atoms with E-state index < -0.39 is 10.0 Å². The van der Waals surface area contributed by atoms with Crippen molar-refractivity contribution in [1.82, 2.24) is 14.8 Å². The Morgan fingerprint density at radius 3 is 2.51 bits per heavy atom. The van der Waals surface area contributed by atoms with E-state index in [1.165, 1.54) is 16.7 Å². The Bertz CT molecular complexity index is 1540. The van der Waals surface area contributed by atoms with Crippen LogP contribution in [0.2, 0.25) is 0 Å². The van der Waals surface area contributed by atoms with Crippen molar-refractivity contribution >= 4 is 42.5 Å². The van der Waals surface area contributed by atoms with Crippen molar-refractivity contribution in [2.45, 2.75) is 25.8 Å². The number of hydrogen-bond donors (Lipinski definition) is 2. The molecule has 0 bridgehead atoms. The molecule has 2 N–H and O–H groups in total. The van der Waals surface area contributed by atoms with Crippen LogP contribution in [0.4, 0.5) is 5.69 Å². The number of aromatic nitrogens is 1. The Morgan fingerprint density at radius 1 is 0.973 bits per heavy atom. The van der Waals surface area contributed by atoms with E-state index in [1.807, 2.05) is 24.4 Å². The van der Waals surface area contributed by atoms with Crippen LogP contribution in [0.1, 0.15) is 30.5 Å². The van der Waals surface area contributed by atoms with Gasteiger partial charge in [-0.15, -0.1) is 0 Å². The Labute approximate surface area is 227 Å². The quantitative estimate of drug-likeness (QED) is 0.303. The molecule has 5 rings (SSSR count). The van der Waals surface area contributed by atoms with Gasteiger partial charge in [0.05, 0.1) is 17.5 Å². The predicted molar refractivity (Wildman–Crippen MR) is 156 cm³/mol. The van der Waals surface area contributed by atoms with Gasteiger partial charge in [-0.25, -0.2) is 8.42 Å². The van der Waals surface area contributed by atoms with E-state index in [0.29, 0.717) is 5.69 Å². The smallest absolute Gasteiger partial charge is 0.229 e. The third-order valence-electron chi connectivity index (χ3n) is 7.14. The van der Waals surface area contributed by atoms with Crippen molar-refractivity contribution in [2.24, 2.45) is 0 Å². The van der Waals surface area contributed by atoms with Gasteiger partial charge in [0.1, 0.15) is 0 Å². The van der Waals surface area contributed by atoms with E-state index in [-0.39, 0.29) is 5.41 Å². The van der Waals surface area contributed by atoms with Gasteiger partial charge in [0.2, 0.25) is 10.0 Å². The maximum atomic E-state index is 11.8. The average Bonchev–Trinajstić information content (AvgIpc) is 3.27. The molecule has 1 fully saturated rings. The number of piperazine rings is 1. The molecule has 0 spiro atoms. The molecule has 37 heavy (non-hydrogen) atoms. The zero-order chi connectivity index (χ0) is 26.2. The number of fused-ring (bicyclic) bond motifs is 1. The molecule has 0 saturated carbocycles. The molecule has 0 aliphatic carbocycles. The Kier molecular flexibility index (Phi) is 7.20. The first kappa shape index (κ1) is 26.0. The Hall–Kier alpha value is -2.65. The molecule has 1 aliphatic heterocycles. The van der Waals surface area contributed by atoms with E-state index in [9.17, 15) is 8.42 Å². The average molecular weight is 582 g/mol. The summed E-state index contributed by atoms with van der Waals surface area (Å²) in [5.74, 6) is 0. The molecule has 0 unspecified atom stereocenters. The number of nitrogens with one attached hydrogen (secondary N) is 2. The highest BCUT2D eigenvalue weighted by molar-refractivity contribution is 9.10. The van der Waals surface area contributed by atoms with Crippen LogP contribution >= 0.6 is 15.9 Å². The summed E-state index contributed by atoms with van der Waals surface area (Å²) in [4.78, 5) is 2.50. The lowest BCUT2D eigenvalue weighted by Gasteiger charge is -2.30. The molecule has 0 radical (unpaired) electrons. The summed E-state index contributed by atoms with van der Waals surface area (Å²) in [6, 6.07) is 23.1. The van der Waals surface area contributed by atoms with Gasteiger partial charge >= 0.3 is 0 Å². The molecule has 0 atom stereocenters. The van der Waals surface area contributed by atoms with Crippen LogP contribution in [0, 0.1) is 0 Å². The number of anilines is 1. The summed E-state index contributed by atoms with van der Waals surface area (Å²) in [5.41, 5.74) is 6.10. The van der Waals surface area contributed by atoms with Gasteiger partial charge in [-0.05, 0) is 53.1 Å². The number of rotatable bonds is 7. The fourth-order valence-corrected chi connectivity index (χ4v) is 6.09. The minimum absolute atomic E-state index is 0.218. The molecule has 6 nitrogen and oxygen atoms in total. The molecular formula is C29H33BrN4O2S. The Balaban J connectivity index is 1.50. The van der Waals surface area contributed by atoms with Gasteiger partial charge in [0.25, 0.3) is 0 Å². The first-order chi connectivity index (χ1) is 17.6. The zero-order valence-corrected chi connectivity index (χ0v) is 23.9. The van der Waals surface area contributed by atoms with Gasteiger partial charge in [-0.3, -0.25) is 9.62 Å². The van der Waals surface area contributed by atoms with Crippen molar-refractivity contribution in [3.63, 3.8) is 0 Å². The van der Waals surface area contributed by atoms with Crippen LogP contribution in [0.25, 0.3) is 16.6 Å². The summed E-state index contributed by atoms with van der Waals surface area (Å²) in [6.45, 7) is 9.75. The first-order valence-corrected chi connectivity index (χ1v) is 15.2. The molecule has 4 aromatic rings. The molecule has 2 heterocycles. The highest BCUT2D eigenvalue weighted by atomic mass is 79.9. The third-order valence-corrected chi connectivity index (χ3v) is 8.21. The van der Waals surface area contributed by atoms with E-state index in [0.717, 1.165) is 60.0 Å². The highest BCUT2D eigenvalue weighted by Gasteiger charge is 2.25. The van der Waals surface area contributed by atoms with E-state index in [4.69, 9.17) is 0 Å². The minimum Gasteiger partial charge on any atom is -0.316 e. The van der Waals surface area contributed by atoms with E-state index in [1.54, 1.807) is 6.07 Å². The summed E-state index contributed by atoms with van der Waals surface area (Å²) in [6.07, 6.45) is 3.19. The third kappa shape index (κ3) is 5.93. The van der Waals surface area contributed by atoms with Crippen LogP contribution in [-0.2, 0) is 22.0 Å². The Morgan fingerprint density at radius 2 is 1.76 bits per heavy atom. The lowest BCUT2D eigenvalue weighted by Crippen LogP contribution is -2.42. The molecule has 8 heteroatoms. The molecule has 3 aromatic carbocycles. The number of benzene rings is 3. The van der Waals surface area contributed by atoms with Crippen molar-refractivity contribution in [1.29, 1.82) is 0 Å². The fraction of sp³-hybridized carbons (Fsp3) is 0.310. The second-order valence-electron chi connectivity index (χ2n) is 10.4. The fourth-order valence-electron chi connectivity index (χ4n) is 5.06. The van der Waals surface area contributed by atoms with Crippen molar-refractivity contribution in [2.75, 3.05) is 37.2 Å². The van der Waals surface area contributed by atoms with Gasteiger partial charge in [-0.1, -0.05) is 60.1 Å². The van der Waals surface area contributed by atoms with Gasteiger partial charge in [0.15, 0.2) is 0 Å². The van der Waals surface area contributed by atoms with E-state index >= 15 is 0 Å². The largest absolute Gasteiger partial charge is 0.316 e. The summed E-state index contributed by atoms with van der Waals surface area (Å²) < 4.78 is 29.2. The molecule has 1 saturated heterocycles. The molecule has 1 aromatic heterocycles. The predicted octanol–water partition coefficient (Wildman–Crippen LogP) is 5.50. The number of halogens is 1. The molecule has 0 amide bonds. The second-order valence-corrected chi connectivity index (χ2v) is 13.0. The normalized spacial score (nSPS) is 15.2. The van der Waals surface area contributed by atoms with Crippen LogP contribution in [0.15, 0.2) is 77.4 Å². The minimum atomic E-state index is -3.36. The van der Waals surface area contributed by atoms with Crippen LogP contribution in [-0.4, -0.2) is 50.3 Å². The highest BCUT2D eigenvalue weighted by Crippen LogP contribution is 2.36. The molecule has 194 valence electrons. The number of sulfonamides is 1. The zero-order valence-electron chi connectivity index (χ0n) is 21.5. The lowest BCUT2D eigenvalue weighted by molar-refractivity contribution is 0.233. The van der Waals surface area contributed by atoms with E-state index in [2.05, 4.69) is 91.7 Å². The van der Waals surface area contributed by atoms with Crippen LogP contribution in [0.5, 0.6) is 0 Å². The maximum Gasteiger partial charge on any atom is 0.229 e. The van der Waals surface area contributed by atoms with Gasteiger partial charge in [-0.2, -0.15) is 0 Å². The molecule has 1 aliphatic rings. The monoisotopic (exact) mass is 580 g/mol. The lowest BCUT2D eigenvalue weighted by atomic mass is 9.77. The maximum absolute atomic E-state index is 11.8. The summed E-state index contributed by atoms with van der Waals surface area (Å²) in [7, 11) is -3.36. The second kappa shape index (κ2) is 10.3. The summed E-state index contributed by atoms with van der Waals surface area (Å²) in [5, 5.41) is 4.47. The van der Waals surface area contributed by atoms with Crippen molar-refractivity contribution in [3.05, 3.63) is 94.1 Å². The van der Waals surface area contributed by atoms with Crippen molar-refractivity contribution < 1.29 is 8.42 Å². The van der Waals surface area contributed by atoms with Crippen LogP contribution in [0.3, 0.4) is 0 Å².